The maximum atomic E-state index is 12.6. The summed E-state index contributed by atoms with van der Waals surface area (Å²) in [5.41, 5.74) is 0.808. The predicted molar refractivity (Wildman–Crippen MR) is 94.8 cm³/mol. The van der Waals surface area contributed by atoms with Crippen LogP contribution >= 0.6 is 11.8 Å². The van der Waals surface area contributed by atoms with Gasteiger partial charge in [0.05, 0.1) is 5.25 Å². The van der Waals surface area contributed by atoms with Crippen LogP contribution in [0.25, 0.3) is 5.65 Å². The van der Waals surface area contributed by atoms with Gasteiger partial charge in [-0.1, -0.05) is 24.2 Å². The van der Waals surface area contributed by atoms with Crippen LogP contribution in [0, 0.1) is 17.8 Å². The molecule has 2 aromatic rings. The average Bonchev–Trinajstić information content (AvgIpc) is 3.30. The molecule has 24 heavy (non-hydrogen) atoms. The molecule has 0 aliphatic heterocycles. The van der Waals surface area contributed by atoms with Gasteiger partial charge in [-0.15, -0.1) is 10.2 Å². The zero-order valence-electron chi connectivity index (χ0n) is 14.2. The molecule has 0 spiro atoms. The molecule has 5 nitrogen and oxygen atoms in total. The van der Waals surface area contributed by atoms with Crippen molar-refractivity contribution in [3.05, 3.63) is 24.4 Å². The normalized spacial score (nSPS) is 28.2. The number of hydrogen-bond acceptors (Lipinski definition) is 4. The van der Waals surface area contributed by atoms with Crippen LogP contribution in [0.15, 0.2) is 29.6 Å². The fourth-order valence-electron chi connectivity index (χ4n) is 4.47. The Balaban J connectivity index is 1.37. The molecule has 2 fully saturated rings. The first-order valence-corrected chi connectivity index (χ1v) is 9.76. The first-order chi connectivity index (χ1) is 11.6. The quantitative estimate of drug-likeness (QED) is 0.847. The van der Waals surface area contributed by atoms with Gasteiger partial charge in [-0.05, 0) is 63.0 Å². The number of nitrogens with zero attached hydrogens (tertiary/aromatic N) is 3. The molecule has 1 amide bonds. The number of rotatable bonds is 5. The van der Waals surface area contributed by atoms with Crippen molar-refractivity contribution in [2.75, 3.05) is 0 Å². The molecule has 1 N–H and O–H groups in total. The molecule has 2 aliphatic carbocycles. The first-order valence-electron chi connectivity index (χ1n) is 8.88. The summed E-state index contributed by atoms with van der Waals surface area (Å²) in [6.45, 7) is 4.12. The number of aromatic nitrogens is 3. The average molecular weight is 344 g/mol. The van der Waals surface area contributed by atoms with Crippen LogP contribution in [0.1, 0.15) is 39.5 Å². The number of amides is 1. The third kappa shape index (κ3) is 2.92. The van der Waals surface area contributed by atoms with E-state index in [9.17, 15) is 4.79 Å². The second-order valence-corrected chi connectivity index (χ2v) is 8.62. The molecule has 5 atom stereocenters. The second-order valence-electron chi connectivity index (χ2n) is 7.31. The van der Waals surface area contributed by atoms with Crippen LogP contribution in [0.4, 0.5) is 0 Å². The summed E-state index contributed by atoms with van der Waals surface area (Å²) in [7, 11) is 0. The highest BCUT2D eigenvalue weighted by Crippen LogP contribution is 2.49. The number of nitrogens with one attached hydrogen (secondary N) is 1. The van der Waals surface area contributed by atoms with Gasteiger partial charge < -0.3 is 5.32 Å². The summed E-state index contributed by atoms with van der Waals surface area (Å²) in [6.07, 6.45) is 7.35. The summed E-state index contributed by atoms with van der Waals surface area (Å²) in [6, 6.07) is 6.07. The highest BCUT2D eigenvalue weighted by Gasteiger charge is 2.42. The van der Waals surface area contributed by atoms with Crippen molar-refractivity contribution in [2.24, 2.45) is 17.8 Å². The summed E-state index contributed by atoms with van der Waals surface area (Å²) in [4.78, 5) is 12.6. The first kappa shape index (κ1) is 15.9. The van der Waals surface area contributed by atoms with Gasteiger partial charge in [0.2, 0.25) is 5.91 Å². The number of hydrogen-bond donors (Lipinski definition) is 1. The molecular weight excluding hydrogens is 320 g/mol. The lowest BCUT2D eigenvalue weighted by atomic mass is 9.84. The molecule has 0 radical (unpaired) electrons. The van der Waals surface area contributed by atoms with E-state index in [0.717, 1.165) is 22.6 Å². The van der Waals surface area contributed by atoms with E-state index in [1.54, 1.807) is 0 Å². The predicted octanol–water partition coefficient (Wildman–Crippen LogP) is 3.15. The molecule has 2 saturated carbocycles. The van der Waals surface area contributed by atoms with E-state index in [1.165, 1.54) is 37.4 Å². The molecule has 2 heterocycles. The van der Waals surface area contributed by atoms with Crippen molar-refractivity contribution >= 4 is 23.3 Å². The van der Waals surface area contributed by atoms with E-state index in [-0.39, 0.29) is 17.2 Å². The smallest absolute Gasteiger partial charge is 0.233 e. The third-order valence-corrected chi connectivity index (χ3v) is 6.80. The van der Waals surface area contributed by atoms with E-state index in [1.807, 2.05) is 35.7 Å². The highest BCUT2D eigenvalue weighted by atomic mass is 32.2. The molecule has 2 aliphatic rings. The Morgan fingerprint density at radius 3 is 2.92 bits per heavy atom. The standard InChI is InChI=1S/C18H24N4OS/c1-11(15-10-13-6-7-14(15)9-13)19-17(23)12(2)24-18-21-20-16-5-3-4-8-22(16)18/h3-5,8,11-15H,6-7,9-10H2,1-2H3,(H,19,23)/t11-,12-,13-,14-,15-/m0/s1. The minimum absolute atomic E-state index is 0.1000. The fourth-order valence-corrected chi connectivity index (χ4v) is 5.31. The van der Waals surface area contributed by atoms with E-state index < -0.39 is 0 Å². The van der Waals surface area contributed by atoms with E-state index in [2.05, 4.69) is 22.4 Å². The fraction of sp³-hybridized carbons (Fsp3) is 0.611. The maximum absolute atomic E-state index is 12.6. The van der Waals surface area contributed by atoms with Gasteiger partial charge >= 0.3 is 0 Å². The Morgan fingerprint density at radius 1 is 1.29 bits per heavy atom. The van der Waals surface area contributed by atoms with Gasteiger partial charge in [-0.2, -0.15) is 0 Å². The Kier molecular flexibility index (Phi) is 4.24. The van der Waals surface area contributed by atoms with Crippen LogP contribution in [0.3, 0.4) is 0 Å². The highest BCUT2D eigenvalue weighted by molar-refractivity contribution is 8.00. The van der Waals surface area contributed by atoms with Gasteiger partial charge in [0.25, 0.3) is 0 Å². The summed E-state index contributed by atoms with van der Waals surface area (Å²) in [5, 5.41) is 12.2. The number of thioether (sulfide) groups is 1. The van der Waals surface area contributed by atoms with Crippen LogP contribution in [0.5, 0.6) is 0 Å². The van der Waals surface area contributed by atoms with Gasteiger partial charge in [0.1, 0.15) is 0 Å². The lowest BCUT2D eigenvalue weighted by Crippen LogP contribution is -2.43. The lowest BCUT2D eigenvalue weighted by molar-refractivity contribution is -0.121. The molecular formula is C18H24N4OS. The van der Waals surface area contributed by atoms with Crippen LogP contribution in [0.2, 0.25) is 0 Å². The zero-order valence-corrected chi connectivity index (χ0v) is 15.0. The lowest BCUT2D eigenvalue weighted by Gasteiger charge is -2.29. The largest absolute Gasteiger partial charge is 0.352 e. The van der Waals surface area contributed by atoms with Crippen molar-refractivity contribution in [3.63, 3.8) is 0 Å². The van der Waals surface area contributed by atoms with E-state index >= 15 is 0 Å². The number of carbonyl (C=O) groups is 1. The van der Waals surface area contributed by atoms with Crippen molar-refractivity contribution in [3.8, 4) is 0 Å². The molecule has 2 aromatic heterocycles. The minimum Gasteiger partial charge on any atom is -0.352 e. The van der Waals surface area contributed by atoms with Crippen molar-refractivity contribution in [1.82, 2.24) is 19.9 Å². The third-order valence-electron chi connectivity index (χ3n) is 5.74. The van der Waals surface area contributed by atoms with E-state index in [0.29, 0.717) is 5.92 Å². The zero-order chi connectivity index (χ0) is 16.7. The van der Waals surface area contributed by atoms with Gasteiger partial charge in [0, 0.05) is 12.2 Å². The molecule has 6 heteroatoms. The Hall–Kier alpha value is -1.56. The van der Waals surface area contributed by atoms with Gasteiger partial charge in [-0.25, -0.2) is 0 Å². The van der Waals surface area contributed by atoms with Crippen LogP contribution < -0.4 is 5.32 Å². The van der Waals surface area contributed by atoms with Gasteiger partial charge in [-0.3, -0.25) is 9.20 Å². The number of carbonyl (C=O) groups excluding carboxylic acids is 1. The molecule has 0 unspecified atom stereocenters. The second kappa shape index (κ2) is 6.39. The molecule has 0 aromatic carbocycles. The monoisotopic (exact) mass is 344 g/mol. The summed E-state index contributed by atoms with van der Waals surface area (Å²) < 4.78 is 1.92. The van der Waals surface area contributed by atoms with Crippen molar-refractivity contribution in [2.45, 2.75) is 56.0 Å². The Morgan fingerprint density at radius 2 is 2.17 bits per heavy atom. The molecule has 4 rings (SSSR count). The molecule has 128 valence electrons. The molecule has 0 saturated heterocycles. The van der Waals surface area contributed by atoms with Crippen LogP contribution in [-0.4, -0.2) is 31.8 Å². The Labute approximate surface area is 146 Å². The minimum atomic E-state index is -0.182. The van der Waals surface area contributed by atoms with Crippen molar-refractivity contribution < 1.29 is 4.79 Å². The number of pyridine rings is 1. The summed E-state index contributed by atoms with van der Waals surface area (Å²) in [5.74, 6) is 2.50. The topological polar surface area (TPSA) is 59.3 Å². The SMILES string of the molecule is C[C@H](Sc1nnc2ccccn12)C(=O)N[C@@H](C)[C@@H]1C[C@H]2CC[C@H]1C2. The maximum Gasteiger partial charge on any atom is 0.233 e. The number of fused-ring (bicyclic) bond motifs is 3. The van der Waals surface area contributed by atoms with E-state index in [4.69, 9.17) is 0 Å². The Bertz CT molecular complexity index is 745. The van der Waals surface area contributed by atoms with Gasteiger partial charge in [0.15, 0.2) is 10.8 Å². The molecule has 2 bridgehead atoms. The van der Waals surface area contributed by atoms with Crippen LogP contribution in [-0.2, 0) is 4.79 Å². The van der Waals surface area contributed by atoms with Crippen molar-refractivity contribution in [1.29, 1.82) is 0 Å². The summed E-state index contributed by atoms with van der Waals surface area (Å²) >= 11 is 1.46.